The molecule has 0 fully saturated rings. The molecule has 2 N–H and O–H groups in total. The molecule has 10 heteroatoms. The zero-order chi connectivity index (χ0) is 18.4. The Balaban J connectivity index is 2.08. The number of carbonyl (C=O) groups is 1. The molecule has 0 aliphatic carbocycles. The first-order valence-corrected chi connectivity index (χ1v) is 8.03. The lowest BCUT2D eigenvalue weighted by Gasteiger charge is -2.28. The highest BCUT2D eigenvalue weighted by atomic mass is 35.5. The van der Waals surface area contributed by atoms with E-state index >= 15 is 0 Å². The topological polar surface area (TPSA) is 79.7 Å². The molecule has 0 radical (unpaired) electrons. The molecule has 25 heavy (non-hydrogen) atoms. The molecular formula is C15H9ClF3NO4S. The maximum absolute atomic E-state index is 13.1. The van der Waals surface area contributed by atoms with Gasteiger partial charge in [0.05, 0.1) is 5.57 Å². The highest BCUT2D eigenvalue weighted by molar-refractivity contribution is 7.09. The van der Waals surface area contributed by atoms with Crippen LogP contribution in [0, 0.1) is 0 Å². The van der Waals surface area contributed by atoms with Crippen molar-refractivity contribution < 1.29 is 32.9 Å². The van der Waals surface area contributed by atoms with E-state index in [4.69, 9.17) is 21.4 Å². The summed E-state index contributed by atoms with van der Waals surface area (Å²) >= 11 is 7.24. The van der Waals surface area contributed by atoms with Gasteiger partial charge in [0.1, 0.15) is 16.9 Å². The molecule has 132 valence electrons. The van der Waals surface area contributed by atoms with Gasteiger partial charge in [-0.15, -0.1) is 11.3 Å². The molecule has 2 unspecified atom stereocenters. The lowest BCUT2D eigenvalue weighted by atomic mass is 9.98. The van der Waals surface area contributed by atoms with Gasteiger partial charge in [0.15, 0.2) is 0 Å². The number of alkyl halides is 3. The highest BCUT2D eigenvalue weighted by Gasteiger charge is 2.48. The molecule has 0 saturated heterocycles. The Morgan fingerprint density at radius 3 is 2.68 bits per heavy atom. The van der Waals surface area contributed by atoms with Crippen LogP contribution in [0.5, 0.6) is 5.75 Å². The summed E-state index contributed by atoms with van der Waals surface area (Å²) in [4.78, 5) is 15.0. The third-order valence-electron chi connectivity index (χ3n) is 3.49. The molecule has 2 heterocycles. The van der Waals surface area contributed by atoms with E-state index in [1.165, 1.54) is 12.3 Å². The number of hydrogen-bond acceptors (Lipinski definition) is 5. The molecule has 1 aromatic heterocycles. The van der Waals surface area contributed by atoms with Gasteiger partial charge in [-0.05, 0) is 18.2 Å². The van der Waals surface area contributed by atoms with Crippen molar-refractivity contribution in [2.45, 2.75) is 18.4 Å². The molecule has 5 nitrogen and oxygen atoms in total. The Hall–Kier alpha value is -2.10. The highest BCUT2D eigenvalue weighted by Crippen LogP contribution is 2.41. The zero-order valence-corrected chi connectivity index (χ0v) is 13.7. The van der Waals surface area contributed by atoms with Crippen LogP contribution in [0.4, 0.5) is 13.2 Å². The van der Waals surface area contributed by atoms with Gasteiger partial charge in [-0.25, -0.2) is 9.78 Å². The number of fused-ring (bicyclic) bond motifs is 1. The molecule has 0 amide bonds. The molecule has 0 saturated carbocycles. The fourth-order valence-electron chi connectivity index (χ4n) is 2.36. The van der Waals surface area contributed by atoms with Gasteiger partial charge in [0, 0.05) is 27.7 Å². The quantitative estimate of drug-likeness (QED) is 0.834. The fraction of sp³-hybridized carbons (Fsp3) is 0.200. The van der Waals surface area contributed by atoms with Crippen LogP contribution in [0.25, 0.3) is 6.08 Å². The van der Waals surface area contributed by atoms with E-state index in [0.29, 0.717) is 5.01 Å². The third-order valence-corrected chi connectivity index (χ3v) is 4.65. The molecule has 2 aromatic rings. The molecule has 2 atom stereocenters. The summed E-state index contributed by atoms with van der Waals surface area (Å²) in [6, 6.07) is 2.41. The molecule has 0 bridgehead atoms. The molecule has 1 aromatic carbocycles. The van der Waals surface area contributed by atoms with Crippen LogP contribution >= 0.6 is 22.9 Å². The van der Waals surface area contributed by atoms with Crippen LogP contribution in [-0.4, -0.2) is 33.4 Å². The van der Waals surface area contributed by atoms with Gasteiger partial charge in [0.25, 0.3) is 0 Å². The predicted molar refractivity (Wildman–Crippen MR) is 83.7 cm³/mol. The molecule has 1 aliphatic heterocycles. The van der Waals surface area contributed by atoms with Crippen molar-refractivity contribution in [1.29, 1.82) is 0 Å². The number of hydrogen-bond donors (Lipinski definition) is 2. The van der Waals surface area contributed by atoms with Crippen molar-refractivity contribution in [3.8, 4) is 5.75 Å². The average molecular weight is 392 g/mol. The SMILES string of the molecule is O=C(O)C1=Cc2cc(Cl)c(C(O)c3nccs3)cc2OC1C(F)(F)F. The summed E-state index contributed by atoms with van der Waals surface area (Å²) in [5.74, 6) is -1.96. The van der Waals surface area contributed by atoms with Crippen LogP contribution < -0.4 is 4.74 Å². The minimum absolute atomic E-state index is 0.0523. The monoisotopic (exact) mass is 391 g/mol. The maximum Gasteiger partial charge on any atom is 0.430 e. The number of halogens is 4. The van der Waals surface area contributed by atoms with Gasteiger partial charge < -0.3 is 14.9 Å². The van der Waals surface area contributed by atoms with Gasteiger partial charge in [-0.1, -0.05) is 11.6 Å². The lowest BCUT2D eigenvalue weighted by Crippen LogP contribution is -2.40. The smallest absolute Gasteiger partial charge is 0.430 e. The van der Waals surface area contributed by atoms with Gasteiger partial charge in [-0.2, -0.15) is 13.2 Å². The van der Waals surface area contributed by atoms with Gasteiger partial charge in [-0.3, -0.25) is 0 Å². The number of rotatable bonds is 3. The van der Waals surface area contributed by atoms with Crippen molar-refractivity contribution in [3.05, 3.63) is 50.4 Å². The van der Waals surface area contributed by atoms with E-state index < -0.39 is 29.9 Å². The Morgan fingerprint density at radius 2 is 2.12 bits per heavy atom. The van der Waals surface area contributed by atoms with Crippen LogP contribution in [0.2, 0.25) is 5.02 Å². The number of aliphatic hydroxyl groups is 1. The number of thiazole rings is 1. The predicted octanol–water partition coefficient (Wildman–Crippen LogP) is 3.67. The van der Waals surface area contributed by atoms with E-state index in [2.05, 4.69) is 4.98 Å². The van der Waals surface area contributed by atoms with Crippen LogP contribution in [-0.2, 0) is 4.79 Å². The van der Waals surface area contributed by atoms with Crippen molar-refractivity contribution in [1.82, 2.24) is 4.98 Å². The first-order valence-electron chi connectivity index (χ1n) is 6.77. The fourth-order valence-corrected chi connectivity index (χ4v) is 3.28. The molecule has 3 rings (SSSR count). The Bertz CT molecular complexity index is 851. The second kappa shape index (κ2) is 6.32. The summed E-state index contributed by atoms with van der Waals surface area (Å²) in [6.45, 7) is 0. The Morgan fingerprint density at radius 1 is 1.40 bits per heavy atom. The van der Waals surface area contributed by atoms with Crippen molar-refractivity contribution in [2.75, 3.05) is 0 Å². The number of benzene rings is 1. The number of aliphatic carboxylic acids is 1. The van der Waals surface area contributed by atoms with Crippen LogP contribution in [0.3, 0.4) is 0 Å². The number of carboxylic acids is 1. The van der Waals surface area contributed by atoms with Crippen molar-refractivity contribution in [2.24, 2.45) is 0 Å². The normalized spacial score (nSPS) is 18.1. The average Bonchev–Trinajstić information content (AvgIpc) is 3.05. The zero-order valence-electron chi connectivity index (χ0n) is 12.1. The molecule has 0 spiro atoms. The lowest BCUT2D eigenvalue weighted by molar-refractivity contribution is -0.187. The van der Waals surface area contributed by atoms with Gasteiger partial charge >= 0.3 is 12.1 Å². The van der Waals surface area contributed by atoms with E-state index in [9.17, 15) is 23.1 Å². The van der Waals surface area contributed by atoms with Crippen molar-refractivity contribution in [3.63, 3.8) is 0 Å². The minimum atomic E-state index is -4.91. The summed E-state index contributed by atoms with van der Waals surface area (Å²) in [6.07, 6.45) is -6.42. The Labute approximate surface area is 148 Å². The number of ether oxygens (including phenoxy) is 1. The first-order chi connectivity index (χ1) is 11.7. The number of carboxylic acid groups (broad SMARTS) is 1. The summed E-state index contributed by atoms with van der Waals surface area (Å²) < 4.78 is 44.2. The van der Waals surface area contributed by atoms with Crippen LogP contribution in [0.1, 0.15) is 22.2 Å². The summed E-state index contributed by atoms with van der Waals surface area (Å²) in [5, 5.41) is 21.3. The van der Waals surface area contributed by atoms with E-state index in [0.717, 1.165) is 23.5 Å². The second-order valence-electron chi connectivity index (χ2n) is 5.13. The number of nitrogens with zero attached hydrogens (tertiary/aromatic N) is 1. The summed E-state index contributed by atoms with van der Waals surface area (Å²) in [7, 11) is 0. The van der Waals surface area contributed by atoms with Gasteiger partial charge in [0.2, 0.25) is 6.10 Å². The second-order valence-corrected chi connectivity index (χ2v) is 6.46. The molecular weight excluding hydrogens is 383 g/mol. The number of aromatic nitrogens is 1. The first kappa shape index (κ1) is 17.7. The minimum Gasteiger partial charge on any atom is -0.478 e. The largest absolute Gasteiger partial charge is 0.478 e. The Kier molecular flexibility index (Phi) is 4.48. The standard InChI is InChI=1S/C15H9ClF3NO4S/c16-9-4-6-3-8(14(22)23)12(15(17,18)19)24-10(6)5-7(9)11(21)13-20-1-2-25-13/h1-5,11-12,21H,(H,22,23). The third kappa shape index (κ3) is 3.35. The maximum atomic E-state index is 13.1. The van der Waals surface area contributed by atoms with Crippen LogP contribution in [0.15, 0.2) is 29.3 Å². The van der Waals surface area contributed by atoms with E-state index in [1.807, 2.05) is 0 Å². The van der Waals surface area contributed by atoms with E-state index in [-0.39, 0.29) is 21.9 Å². The summed E-state index contributed by atoms with van der Waals surface area (Å²) in [5.41, 5.74) is -0.745. The van der Waals surface area contributed by atoms with E-state index in [1.54, 1.807) is 5.38 Å². The van der Waals surface area contributed by atoms with Crippen molar-refractivity contribution >= 4 is 35.0 Å². The molecule has 1 aliphatic rings. The number of aliphatic hydroxyl groups excluding tert-OH is 1.